The summed E-state index contributed by atoms with van der Waals surface area (Å²) in [6.45, 7) is 7.02. The molecule has 10 heteroatoms. The van der Waals surface area contributed by atoms with Gasteiger partial charge in [-0.2, -0.15) is 4.98 Å². The maximum Gasteiger partial charge on any atom is 0.241 e. The molecule has 29 heavy (non-hydrogen) atoms. The molecule has 1 amide bonds. The van der Waals surface area contributed by atoms with Crippen LogP contribution in [0.1, 0.15) is 44.8 Å². The van der Waals surface area contributed by atoms with E-state index >= 15 is 0 Å². The molecule has 1 aliphatic heterocycles. The van der Waals surface area contributed by atoms with Crippen LogP contribution >= 0.6 is 0 Å². The van der Waals surface area contributed by atoms with Gasteiger partial charge in [0.25, 0.3) is 0 Å². The summed E-state index contributed by atoms with van der Waals surface area (Å²) in [5.74, 6) is -0.720. The fourth-order valence-electron chi connectivity index (χ4n) is 3.27. The molecule has 0 bridgehead atoms. The Kier molecular flexibility index (Phi) is 6.11. The average molecular weight is 422 g/mol. The Morgan fingerprint density at radius 3 is 2.41 bits per heavy atom. The second kappa shape index (κ2) is 8.40. The van der Waals surface area contributed by atoms with E-state index in [0.29, 0.717) is 11.6 Å². The predicted molar refractivity (Wildman–Crippen MR) is 110 cm³/mol. The molecule has 2 aromatic rings. The molecule has 3 rings (SSSR count). The van der Waals surface area contributed by atoms with Crippen molar-refractivity contribution in [2.75, 3.05) is 28.5 Å². The van der Waals surface area contributed by atoms with Crippen molar-refractivity contribution < 1.29 is 17.7 Å². The SMILES string of the molecule is Cc1nc(C(C)(C)NC(=O)CS(=O)(=O)Nc2ccc(N3CCCCC3)cc2)no1. The van der Waals surface area contributed by atoms with Crippen molar-refractivity contribution in [1.29, 1.82) is 0 Å². The van der Waals surface area contributed by atoms with E-state index in [1.807, 2.05) is 12.1 Å². The lowest BCUT2D eigenvalue weighted by Crippen LogP contribution is -2.45. The number of amides is 1. The fraction of sp³-hybridized carbons (Fsp3) is 0.526. The molecule has 1 aromatic heterocycles. The van der Waals surface area contributed by atoms with E-state index < -0.39 is 27.2 Å². The molecule has 0 radical (unpaired) electrons. The first kappa shape index (κ1) is 21.1. The number of piperidine rings is 1. The lowest BCUT2D eigenvalue weighted by atomic mass is 10.1. The highest BCUT2D eigenvalue weighted by Gasteiger charge is 2.30. The molecule has 0 atom stereocenters. The zero-order valence-electron chi connectivity index (χ0n) is 16.9. The van der Waals surface area contributed by atoms with Crippen LogP contribution in [0.25, 0.3) is 0 Å². The minimum atomic E-state index is -3.86. The standard InChI is InChI=1S/C19H27N5O4S/c1-14-20-18(22-28-14)19(2,3)21-17(25)13-29(26,27)23-15-7-9-16(10-8-15)24-11-5-4-6-12-24/h7-10,23H,4-6,11-13H2,1-3H3,(H,21,25). The first-order valence-electron chi connectivity index (χ1n) is 9.62. The van der Waals surface area contributed by atoms with E-state index in [1.165, 1.54) is 19.3 Å². The van der Waals surface area contributed by atoms with Crippen molar-refractivity contribution in [3.63, 3.8) is 0 Å². The number of aryl methyl sites for hydroxylation is 1. The van der Waals surface area contributed by atoms with Crippen LogP contribution in [0, 0.1) is 6.92 Å². The van der Waals surface area contributed by atoms with Gasteiger partial charge in [0.05, 0.1) is 5.54 Å². The van der Waals surface area contributed by atoms with Crippen molar-refractivity contribution >= 4 is 27.3 Å². The summed E-state index contributed by atoms with van der Waals surface area (Å²) in [5, 5.41) is 6.41. The molecule has 158 valence electrons. The summed E-state index contributed by atoms with van der Waals surface area (Å²) in [4.78, 5) is 18.7. The molecule has 2 N–H and O–H groups in total. The number of carbonyl (C=O) groups is 1. The molecule has 0 saturated carbocycles. The number of benzene rings is 1. The maximum absolute atomic E-state index is 12.4. The largest absolute Gasteiger partial charge is 0.372 e. The van der Waals surface area contributed by atoms with Gasteiger partial charge in [-0.15, -0.1) is 0 Å². The van der Waals surface area contributed by atoms with Crippen molar-refractivity contribution in [1.82, 2.24) is 15.5 Å². The molecule has 9 nitrogen and oxygen atoms in total. The first-order chi connectivity index (χ1) is 13.6. The molecule has 0 spiro atoms. The van der Waals surface area contributed by atoms with Gasteiger partial charge in [-0.3, -0.25) is 9.52 Å². The molecule has 1 saturated heterocycles. The highest BCUT2D eigenvalue weighted by molar-refractivity contribution is 7.93. The number of nitrogens with one attached hydrogen (secondary N) is 2. The van der Waals surface area contributed by atoms with Crippen LogP contribution < -0.4 is 14.9 Å². The molecule has 2 heterocycles. The maximum atomic E-state index is 12.4. The molecule has 1 aliphatic rings. The van der Waals surface area contributed by atoms with Gasteiger partial charge in [-0.05, 0) is 57.4 Å². The van der Waals surface area contributed by atoms with Gasteiger partial charge in [0.2, 0.25) is 21.8 Å². The summed E-state index contributed by atoms with van der Waals surface area (Å²) in [6.07, 6.45) is 3.59. The Bertz CT molecular complexity index is 947. The van der Waals surface area contributed by atoms with Gasteiger partial charge < -0.3 is 14.7 Å². The van der Waals surface area contributed by atoms with Crippen LogP contribution in [0.2, 0.25) is 0 Å². The van der Waals surface area contributed by atoms with E-state index in [0.717, 1.165) is 18.8 Å². The summed E-state index contributed by atoms with van der Waals surface area (Å²) >= 11 is 0. The van der Waals surface area contributed by atoms with Gasteiger partial charge >= 0.3 is 0 Å². The van der Waals surface area contributed by atoms with Crippen LogP contribution in [-0.4, -0.2) is 43.3 Å². The Morgan fingerprint density at radius 2 is 1.83 bits per heavy atom. The minimum Gasteiger partial charge on any atom is -0.372 e. The highest BCUT2D eigenvalue weighted by atomic mass is 32.2. The zero-order valence-corrected chi connectivity index (χ0v) is 17.8. The summed E-state index contributed by atoms with van der Waals surface area (Å²) in [7, 11) is -3.86. The van der Waals surface area contributed by atoms with Crippen molar-refractivity contribution in [2.24, 2.45) is 0 Å². The van der Waals surface area contributed by atoms with E-state index in [4.69, 9.17) is 4.52 Å². The number of rotatable bonds is 7. The Hall–Kier alpha value is -2.62. The van der Waals surface area contributed by atoms with Crippen molar-refractivity contribution in [2.45, 2.75) is 45.6 Å². The number of anilines is 2. The smallest absolute Gasteiger partial charge is 0.241 e. The molecule has 1 aromatic carbocycles. The summed E-state index contributed by atoms with van der Waals surface area (Å²) in [5.41, 5.74) is 0.537. The van der Waals surface area contributed by atoms with Gasteiger partial charge in [0, 0.05) is 31.4 Å². The first-order valence-corrected chi connectivity index (χ1v) is 11.3. The third-order valence-electron chi connectivity index (χ3n) is 4.72. The molecular weight excluding hydrogens is 394 g/mol. The van der Waals surface area contributed by atoms with Crippen molar-refractivity contribution in [3.8, 4) is 0 Å². The third-order valence-corrected chi connectivity index (χ3v) is 5.91. The molecular formula is C19H27N5O4S. The number of hydrogen-bond acceptors (Lipinski definition) is 7. The Balaban J connectivity index is 1.58. The van der Waals surface area contributed by atoms with Gasteiger partial charge in [0.15, 0.2) is 5.82 Å². The number of hydrogen-bond donors (Lipinski definition) is 2. The molecule has 0 aliphatic carbocycles. The molecule has 0 unspecified atom stereocenters. The lowest BCUT2D eigenvalue weighted by Gasteiger charge is -2.28. The summed E-state index contributed by atoms with van der Waals surface area (Å²) < 4.78 is 32.2. The average Bonchev–Trinajstić information content (AvgIpc) is 3.09. The van der Waals surface area contributed by atoms with Crippen LogP contribution in [-0.2, 0) is 20.4 Å². The number of carbonyl (C=O) groups excluding carboxylic acids is 1. The topological polar surface area (TPSA) is 117 Å². The van der Waals surface area contributed by atoms with E-state index in [1.54, 1.807) is 32.9 Å². The quantitative estimate of drug-likeness (QED) is 0.703. The van der Waals surface area contributed by atoms with Crippen LogP contribution in [0.5, 0.6) is 0 Å². The second-order valence-electron chi connectivity index (χ2n) is 7.77. The molecule has 1 fully saturated rings. The van der Waals surface area contributed by atoms with Crippen LogP contribution in [0.3, 0.4) is 0 Å². The van der Waals surface area contributed by atoms with E-state index in [9.17, 15) is 13.2 Å². The Labute approximate surface area is 170 Å². The van der Waals surface area contributed by atoms with Crippen LogP contribution in [0.4, 0.5) is 11.4 Å². The second-order valence-corrected chi connectivity index (χ2v) is 9.49. The lowest BCUT2D eigenvalue weighted by molar-refractivity contribution is -0.120. The van der Waals surface area contributed by atoms with Crippen LogP contribution in [0.15, 0.2) is 28.8 Å². The number of nitrogens with zero attached hydrogens (tertiary/aromatic N) is 3. The fourth-order valence-corrected chi connectivity index (χ4v) is 4.26. The van der Waals surface area contributed by atoms with Gasteiger partial charge in [0.1, 0.15) is 5.75 Å². The normalized spacial score (nSPS) is 15.2. The zero-order chi connectivity index (χ0) is 21.1. The van der Waals surface area contributed by atoms with E-state index in [2.05, 4.69) is 25.1 Å². The van der Waals surface area contributed by atoms with Gasteiger partial charge in [-0.25, -0.2) is 8.42 Å². The predicted octanol–water partition coefficient (Wildman–Crippen LogP) is 2.16. The summed E-state index contributed by atoms with van der Waals surface area (Å²) in [6, 6.07) is 7.21. The monoisotopic (exact) mass is 421 g/mol. The highest BCUT2D eigenvalue weighted by Crippen LogP contribution is 2.22. The van der Waals surface area contributed by atoms with E-state index in [-0.39, 0.29) is 5.82 Å². The van der Waals surface area contributed by atoms with Gasteiger partial charge in [-0.1, -0.05) is 5.16 Å². The minimum absolute atomic E-state index is 0.280. The Morgan fingerprint density at radius 1 is 1.17 bits per heavy atom. The number of sulfonamides is 1. The number of aromatic nitrogens is 2. The third kappa shape index (κ3) is 5.69. The van der Waals surface area contributed by atoms with Crippen molar-refractivity contribution in [3.05, 3.63) is 36.0 Å².